The van der Waals surface area contributed by atoms with Crippen molar-refractivity contribution in [1.82, 2.24) is 5.43 Å². The number of rotatable bonds is 2. The molecule has 0 bridgehead atoms. The van der Waals surface area contributed by atoms with E-state index in [4.69, 9.17) is 11.5 Å². The number of benzene rings is 2. The van der Waals surface area contributed by atoms with Crippen LogP contribution in [0, 0.1) is 0 Å². The third kappa shape index (κ3) is 2.64. The summed E-state index contributed by atoms with van der Waals surface area (Å²) in [5, 5.41) is 4.40. The van der Waals surface area contributed by atoms with Crippen molar-refractivity contribution in [3.63, 3.8) is 0 Å². The van der Waals surface area contributed by atoms with Gasteiger partial charge in [0.2, 0.25) is 0 Å². The fourth-order valence-corrected chi connectivity index (χ4v) is 2.80. The minimum atomic E-state index is 0.556. The fraction of sp³-hybridized carbons (Fsp3) is 0.0625. The minimum absolute atomic E-state index is 0.556. The first kappa shape index (κ1) is 13.7. The number of hydrogen-bond acceptors (Lipinski definition) is 4. The Hall–Kier alpha value is -2.27. The number of anilines is 2. The quantitative estimate of drug-likeness (QED) is 0.733. The van der Waals surface area contributed by atoms with E-state index in [1.165, 1.54) is 5.56 Å². The van der Waals surface area contributed by atoms with Gasteiger partial charge in [-0.05, 0) is 29.8 Å². The fourth-order valence-electron chi connectivity index (χ4n) is 2.35. The van der Waals surface area contributed by atoms with E-state index in [-0.39, 0.29) is 0 Å². The van der Waals surface area contributed by atoms with Crippen LogP contribution in [0.25, 0.3) is 5.70 Å². The van der Waals surface area contributed by atoms with Crippen molar-refractivity contribution in [2.24, 2.45) is 5.10 Å². The Kier molecular flexibility index (Phi) is 3.43. The molecule has 0 saturated heterocycles. The summed E-state index contributed by atoms with van der Waals surface area (Å²) >= 11 is 3.48. The van der Waals surface area contributed by atoms with Crippen LogP contribution >= 0.6 is 15.9 Å². The van der Waals surface area contributed by atoms with Gasteiger partial charge in [-0.1, -0.05) is 34.6 Å². The van der Waals surface area contributed by atoms with E-state index in [1.54, 1.807) is 0 Å². The molecule has 1 aliphatic rings. The van der Waals surface area contributed by atoms with Crippen LogP contribution in [0.3, 0.4) is 0 Å². The Morgan fingerprint density at radius 1 is 1.10 bits per heavy atom. The van der Waals surface area contributed by atoms with Crippen LogP contribution in [0.5, 0.6) is 0 Å². The number of nitrogens with two attached hydrogens (primary N) is 2. The molecule has 2 aromatic carbocycles. The normalized spacial score (nSPS) is 13.4. The van der Waals surface area contributed by atoms with Crippen LogP contribution in [-0.2, 0) is 6.42 Å². The van der Waals surface area contributed by atoms with Gasteiger partial charge in [-0.3, -0.25) is 5.43 Å². The zero-order valence-corrected chi connectivity index (χ0v) is 12.9. The largest absolute Gasteiger partial charge is 0.397 e. The molecule has 106 valence electrons. The van der Waals surface area contributed by atoms with Crippen LogP contribution in [0.15, 0.2) is 52.6 Å². The number of hydrogen-bond donors (Lipinski definition) is 3. The standard InChI is InChI=1S/C16H15BrN4/c1-9-12-7-14(18)15(19)8-13(12)16(21-20-9)6-10-3-2-4-11(17)5-10/h2-5,7-8,20H,1,6,18-19H2. The van der Waals surface area contributed by atoms with Gasteiger partial charge in [0.1, 0.15) is 0 Å². The maximum absolute atomic E-state index is 5.93. The molecule has 0 aliphatic carbocycles. The lowest BCUT2D eigenvalue weighted by molar-refractivity contribution is 0.965. The molecule has 5 heteroatoms. The zero-order chi connectivity index (χ0) is 15.0. The Morgan fingerprint density at radius 3 is 2.52 bits per heavy atom. The molecule has 1 heterocycles. The molecule has 21 heavy (non-hydrogen) atoms. The van der Waals surface area contributed by atoms with Gasteiger partial charge in [-0.25, -0.2) is 0 Å². The van der Waals surface area contributed by atoms with Crippen molar-refractivity contribution >= 4 is 38.7 Å². The molecule has 0 amide bonds. The molecule has 0 atom stereocenters. The average molecular weight is 343 g/mol. The molecule has 5 N–H and O–H groups in total. The van der Waals surface area contributed by atoms with Gasteiger partial charge in [0.15, 0.2) is 0 Å². The first-order chi connectivity index (χ1) is 10.0. The maximum atomic E-state index is 5.93. The van der Waals surface area contributed by atoms with E-state index in [9.17, 15) is 0 Å². The molecule has 0 unspecified atom stereocenters. The summed E-state index contributed by atoms with van der Waals surface area (Å²) in [4.78, 5) is 0. The van der Waals surface area contributed by atoms with Crippen LogP contribution < -0.4 is 16.9 Å². The molecular formula is C16H15BrN4. The van der Waals surface area contributed by atoms with Gasteiger partial charge < -0.3 is 11.5 Å². The van der Waals surface area contributed by atoms with Gasteiger partial charge in [0, 0.05) is 22.0 Å². The highest BCUT2D eigenvalue weighted by Crippen LogP contribution is 2.29. The number of nitrogens with zero attached hydrogens (tertiary/aromatic N) is 1. The summed E-state index contributed by atoms with van der Waals surface area (Å²) in [6, 6.07) is 11.9. The van der Waals surface area contributed by atoms with E-state index >= 15 is 0 Å². The summed E-state index contributed by atoms with van der Waals surface area (Å²) < 4.78 is 1.05. The van der Waals surface area contributed by atoms with Crippen molar-refractivity contribution < 1.29 is 0 Å². The molecule has 0 spiro atoms. The van der Waals surface area contributed by atoms with E-state index in [1.807, 2.05) is 24.3 Å². The van der Waals surface area contributed by atoms with E-state index in [2.05, 4.69) is 45.2 Å². The molecule has 1 aliphatic heterocycles. The lowest BCUT2D eigenvalue weighted by Gasteiger charge is -2.21. The second-order valence-electron chi connectivity index (χ2n) is 4.98. The molecule has 3 rings (SSSR count). The van der Waals surface area contributed by atoms with Crippen LogP contribution in [0.1, 0.15) is 16.7 Å². The van der Waals surface area contributed by atoms with Crippen LogP contribution in [-0.4, -0.2) is 5.71 Å². The molecular weight excluding hydrogens is 328 g/mol. The molecule has 0 aromatic heterocycles. The van der Waals surface area contributed by atoms with Gasteiger partial charge >= 0.3 is 0 Å². The smallest absolute Gasteiger partial charge is 0.0730 e. The van der Waals surface area contributed by atoms with E-state index < -0.39 is 0 Å². The topological polar surface area (TPSA) is 76.4 Å². The number of nitrogens with one attached hydrogen (secondary N) is 1. The van der Waals surface area contributed by atoms with Crippen molar-refractivity contribution in [2.75, 3.05) is 11.5 Å². The first-order valence-electron chi connectivity index (χ1n) is 6.50. The summed E-state index contributed by atoms with van der Waals surface area (Å²) in [6.45, 7) is 3.96. The molecule has 0 fully saturated rings. The van der Waals surface area contributed by atoms with Crippen molar-refractivity contribution in [3.8, 4) is 0 Å². The van der Waals surface area contributed by atoms with Gasteiger partial charge in [-0.15, -0.1) is 0 Å². The summed E-state index contributed by atoms with van der Waals surface area (Å²) in [5.74, 6) is 0. The van der Waals surface area contributed by atoms with Crippen molar-refractivity contribution in [3.05, 3.63) is 64.1 Å². The Morgan fingerprint density at radius 2 is 1.81 bits per heavy atom. The SMILES string of the molecule is C=C1NN=C(Cc2cccc(Br)c2)c2cc(N)c(N)cc21. The number of hydrazone groups is 1. The first-order valence-corrected chi connectivity index (χ1v) is 7.29. The van der Waals surface area contributed by atoms with Gasteiger partial charge in [0.05, 0.1) is 22.8 Å². The second-order valence-corrected chi connectivity index (χ2v) is 5.90. The second kappa shape index (κ2) is 5.26. The predicted octanol–water partition coefficient (Wildman–Crippen LogP) is 3.13. The highest BCUT2D eigenvalue weighted by molar-refractivity contribution is 9.10. The molecule has 4 nitrogen and oxygen atoms in total. The highest BCUT2D eigenvalue weighted by Gasteiger charge is 2.19. The number of halogens is 1. The number of nitrogen functional groups attached to an aromatic ring is 2. The minimum Gasteiger partial charge on any atom is -0.397 e. The third-order valence-electron chi connectivity index (χ3n) is 3.45. The van der Waals surface area contributed by atoms with Crippen molar-refractivity contribution in [1.29, 1.82) is 0 Å². The Labute approximate surface area is 131 Å². The predicted molar refractivity (Wildman–Crippen MR) is 91.8 cm³/mol. The summed E-state index contributed by atoms with van der Waals surface area (Å²) in [7, 11) is 0. The van der Waals surface area contributed by atoms with Crippen LogP contribution in [0.4, 0.5) is 11.4 Å². The van der Waals surface area contributed by atoms with Crippen molar-refractivity contribution in [2.45, 2.75) is 6.42 Å². The summed E-state index contributed by atoms with van der Waals surface area (Å²) in [6.07, 6.45) is 0.704. The third-order valence-corrected chi connectivity index (χ3v) is 3.94. The summed E-state index contributed by atoms with van der Waals surface area (Å²) in [5.41, 5.74) is 20.6. The van der Waals surface area contributed by atoms with Gasteiger partial charge in [0.25, 0.3) is 0 Å². The lowest BCUT2D eigenvalue weighted by atomic mass is 9.94. The Balaban J connectivity index is 2.02. The monoisotopic (exact) mass is 342 g/mol. The molecule has 0 radical (unpaired) electrons. The number of fused-ring (bicyclic) bond motifs is 1. The van der Waals surface area contributed by atoms with Crippen LogP contribution in [0.2, 0.25) is 0 Å². The lowest BCUT2D eigenvalue weighted by Crippen LogP contribution is -2.21. The molecule has 0 saturated carbocycles. The average Bonchev–Trinajstić information content (AvgIpc) is 2.44. The van der Waals surface area contributed by atoms with E-state index in [0.29, 0.717) is 17.8 Å². The zero-order valence-electron chi connectivity index (χ0n) is 11.4. The highest BCUT2D eigenvalue weighted by atomic mass is 79.9. The maximum Gasteiger partial charge on any atom is 0.0730 e. The van der Waals surface area contributed by atoms with Gasteiger partial charge in [-0.2, -0.15) is 5.10 Å². The molecule has 2 aromatic rings. The van der Waals surface area contributed by atoms with E-state index in [0.717, 1.165) is 27.0 Å². The Bertz CT molecular complexity index is 765.